The molecule has 0 saturated heterocycles. The van der Waals surface area contributed by atoms with Gasteiger partial charge >= 0.3 is 0 Å². The highest BCUT2D eigenvalue weighted by Crippen LogP contribution is 2.33. The minimum Gasteiger partial charge on any atom is -0.279 e. The van der Waals surface area contributed by atoms with Gasteiger partial charge in [-0.05, 0) is 55.7 Å². The second-order valence-electron chi connectivity index (χ2n) is 8.12. The SMILES string of the molecule is Cc1ccc2sc(N(Cc3ccccc3)C(=O)c3cnn(-c4ccccc4)c3C)nc2c1C. The van der Waals surface area contributed by atoms with Gasteiger partial charge in [0.15, 0.2) is 5.13 Å². The molecular formula is C27H24N4OS. The zero-order valence-corrected chi connectivity index (χ0v) is 19.6. The second-order valence-corrected chi connectivity index (χ2v) is 9.13. The fourth-order valence-corrected chi connectivity index (χ4v) is 4.94. The Kier molecular flexibility index (Phi) is 5.52. The first-order valence-electron chi connectivity index (χ1n) is 10.9. The number of aromatic nitrogens is 3. The first-order chi connectivity index (χ1) is 16.0. The Hall–Kier alpha value is -3.77. The average Bonchev–Trinajstić information content (AvgIpc) is 3.45. The fourth-order valence-electron chi connectivity index (χ4n) is 3.92. The van der Waals surface area contributed by atoms with Crippen LogP contribution >= 0.6 is 11.3 Å². The number of para-hydroxylation sites is 1. The van der Waals surface area contributed by atoms with E-state index in [1.54, 1.807) is 27.1 Å². The van der Waals surface area contributed by atoms with Gasteiger partial charge in [0, 0.05) is 0 Å². The van der Waals surface area contributed by atoms with E-state index < -0.39 is 0 Å². The van der Waals surface area contributed by atoms with Crippen LogP contribution in [0.2, 0.25) is 0 Å². The van der Waals surface area contributed by atoms with Crippen LogP contribution in [0.15, 0.2) is 79.0 Å². The molecule has 0 fully saturated rings. The molecule has 5 nitrogen and oxygen atoms in total. The molecule has 1 amide bonds. The van der Waals surface area contributed by atoms with Crippen molar-refractivity contribution in [2.45, 2.75) is 27.3 Å². The topological polar surface area (TPSA) is 51.0 Å². The number of benzene rings is 3. The van der Waals surface area contributed by atoms with E-state index in [0.29, 0.717) is 17.2 Å². The molecule has 2 aromatic heterocycles. The molecule has 0 bridgehead atoms. The number of anilines is 1. The summed E-state index contributed by atoms with van der Waals surface area (Å²) in [4.78, 5) is 20.6. The number of nitrogens with zero attached hydrogens (tertiary/aromatic N) is 4. The second kappa shape index (κ2) is 8.64. The molecule has 0 aliphatic heterocycles. The fraction of sp³-hybridized carbons (Fsp3) is 0.148. The molecule has 6 heteroatoms. The molecule has 3 aromatic carbocycles. The van der Waals surface area contributed by atoms with Crippen molar-refractivity contribution in [2.24, 2.45) is 0 Å². The zero-order valence-electron chi connectivity index (χ0n) is 18.8. The largest absolute Gasteiger partial charge is 0.279 e. The van der Waals surface area contributed by atoms with Crippen LogP contribution in [0.4, 0.5) is 5.13 Å². The van der Waals surface area contributed by atoms with Crippen molar-refractivity contribution < 1.29 is 4.79 Å². The van der Waals surface area contributed by atoms with Gasteiger partial charge in [-0.25, -0.2) is 9.67 Å². The summed E-state index contributed by atoms with van der Waals surface area (Å²) in [5.74, 6) is -0.105. The Morgan fingerprint density at radius 2 is 1.64 bits per heavy atom. The summed E-state index contributed by atoms with van der Waals surface area (Å²) >= 11 is 1.55. The van der Waals surface area contributed by atoms with Gasteiger partial charge in [0.05, 0.1) is 39.9 Å². The van der Waals surface area contributed by atoms with E-state index in [9.17, 15) is 4.79 Å². The maximum atomic E-state index is 13.9. The average molecular weight is 453 g/mol. The lowest BCUT2D eigenvalue weighted by atomic mass is 10.1. The van der Waals surface area contributed by atoms with E-state index in [1.807, 2.05) is 67.6 Å². The van der Waals surface area contributed by atoms with Crippen molar-refractivity contribution >= 4 is 32.6 Å². The van der Waals surface area contributed by atoms with Crippen molar-refractivity contribution in [1.82, 2.24) is 14.8 Å². The smallest absolute Gasteiger partial charge is 0.263 e. The summed E-state index contributed by atoms with van der Waals surface area (Å²) in [5.41, 5.74) is 6.65. The van der Waals surface area contributed by atoms with E-state index in [4.69, 9.17) is 4.98 Å². The predicted octanol–water partition coefficient (Wildman–Crippen LogP) is 6.25. The van der Waals surface area contributed by atoms with Crippen molar-refractivity contribution in [3.05, 3.63) is 107 Å². The Labute approximate surface area is 196 Å². The normalized spacial score (nSPS) is 11.1. The van der Waals surface area contributed by atoms with E-state index in [2.05, 4.69) is 31.1 Å². The number of carbonyl (C=O) groups is 1. The van der Waals surface area contributed by atoms with Gasteiger partial charge in [-0.3, -0.25) is 9.69 Å². The van der Waals surface area contributed by atoms with Crippen molar-refractivity contribution in [3.8, 4) is 5.69 Å². The third-order valence-electron chi connectivity index (χ3n) is 5.97. The van der Waals surface area contributed by atoms with Gasteiger partial charge in [0.1, 0.15) is 0 Å². The lowest BCUT2D eigenvalue weighted by molar-refractivity contribution is 0.0984. The van der Waals surface area contributed by atoms with E-state index in [0.717, 1.165) is 32.7 Å². The molecule has 33 heavy (non-hydrogen) atoms. The van der Waals surface area contributed by atoms with Gasteiger partial charge in [-0.15, -0.1) is 0 Å². The molecule has 2 heterocycles. The van der Waals surface area contributed by atoms with Crippen molar-refractivity contribution in [3.63, 3.8) is 0 Å². The molecule has 0 saturated carbocycles. The number of hydrogen-bond donors (Lipinski definition) is 0. The maximum absolute atomic E-state index is 13.9. The summed E-state index contributed by atoms with van der Waals surface area (Å²) in [6.45, 7) is 6.54. The maximum Gasteiger partial charge on any atom is 0.263 e. The molecule has 5 aromatic rings. The van der Waals surface area contributed by atoms with Gasteiger partial charge in [0.2, 0.25) is 0 Å². The molecular weight excluding hydrogens is 428 g/mol. The lowest BCUT2D eigenvalue weighted by Gasteiger charge is -2.20. The number of carbonyl (C=O) groups excluding carboxylic acids is 1. The summed E-state index contributed by atoms with van der Waals surface area (Å²) in [5, 5.41) is 5.20. The van der Waals surface area contributed by atoms with Crippen LogP contribution in [-0.4, -0.2) is 20.7 Å². The summed E-state index contributed by atoms with van der Waals surface area (Å²) in [6.07, 6.45) is 1.66. The molecule has 164 valence electrons. The summed E-state index contributed by atoms with van der Waals surface area (Å²) in [7, 11) is 0. The highest BCUT2D eigenvalue weighted by molar-refractivity contribution is 7.22. The van der Waals surface area contributed by atoms with Crippen LogP contribution in [0.3, 0.4) is 0 Å². The number of amides is 1. The number of thiazole rings is 1. The Bertz CT molecular complexity index is 1440. The highest BCUT2D eigenvalue weighted by Gasteiger charge is 2.26. The highest BCUT2D eigenvalue weighted by atomic mass is 32.1. The van der Waals surface area contributed by atoms with Crippen LogP contribution in [0, 0.1) is 20.8 Å². The lowest BCUT2D eigenvalue weighted by Crippen LogP contribution is -2.30. The molecule has 0 unspecified atom stereocenters. The summed E-state index contributed by atoms with van der Waals surface area (Å²) < 4.78 is 2.88. The van der Waals surface area contributed by atoms with Crippen molar-refractivity contribution in [1.29, 1.82) is 0 Å². The number of fused-ring (bicyclic) bond motifs is 1. The Morgan fingerprint density at radius 1 is 0.939 bits per heavy atom. The number of aryl methyl sites for hydroxylation is 2. The standard InChI is InChI=1S/C27H24N4OS/c1-18-14-15-24-25(19(18)2)29-27(33-24)30(17-21-10-6-4-7-11-21)26(32)23-16-28-31(20(23)3)22-12-8-5-9-13-22/h4-16H,17H2,1-3H3. The molecule has 0 atom stereocenters. The van der Waals surface area contributed by atoms with Crippen LogP contribution in [0.1, 0.15) is 32.7 Å². The van der Waals surface area contributed by atoms with Crippen LogP contribution in [-0.2, 0) is 6.54 Å². The van der Waals surface area contributed by atoms with Gasteiger partial charge in [0.25, 0.3) is 5.91 Å². The van der Waals surface area contributed by atoms with E-state index >= 15 is 0 Å². The van der Waals surface area contributed by atoms with Crippen LogP contribution < -0.4 is 4.90 Å². The third kappa shape index (κ3) is 3.94. The third-order valence-corrected chi connectivity index (χ3v) is 7.02. The minimum absolute atomic E-state index is 0.105. The van der Waals surface area contributed by atoms with Gasteiger partial charge in [-0.1, -0.05) is 65.9 Å². The number of rotatable bonds is 5. The predicted molar refractivity (Wildman–Crippen MR) is 134 cm³/mol. The quantitative estimate of drug-likeness (QED) is 0.316. The summed E-state index contributed by atoms with van der Waals surface area (Å²) in [6, 6.07) is 24.1. The van der Waals surface area contributed by atoms with Crippen LogP contribution in [0.25, 0.3) is 15.9 Å². The molecule has 0 aliphatic rings. The van der Waals surface area contributed by atoms with Gasteiger partial charge in [-0.2, -0.15) is 5.10 Å². The first kappa shape index (κ1) is 21.1. The monoisotopic (exact) mass is 452 g/mol. The Balaban J connectivity index is 1.59. The van der Waals surface area contributed by atoms with Crippen molar-refractivity contribution in [2.75, 3.05) is 4.90 Å². The molecule has 5 rings (SSSR count). The minimum atomic E-state index is -0.105. The first-order valence-corrected chi connectivity index (χ1v) is 11.7. The van der Waals surface area contributed by atoms with Gasteiger partial charge < -0.3 is 0 Å². The van der Waals surface area contributed by atoms with E-state index in [1.165, 1.54) is 5.56 Å². The zero-order chi connectivity index (χ0) is 22.9. The molecule has 0 spiro atoms. The van der Waals surface area contributed by atoms with E-state index in [-0.39, 0.29) is 5.91 Å². The Morgan fingerprint density at radius 3 is 2.36 bits per heavy atom. The van der Waals surface area contributed by atoms with Crippen LogP contribution in [0.5, 0.6) is 0 Å². The molecule has 0 N–H and O–H groups in total. The molecule has 0 aliphatic carbocycles. The molecule has 0 radical (unpaired) electrons. The number of hydrogen-bond acceptors (Lipinski definition) is 4.